The fourth-order valence-electron chi connectivity index (χ4n) is 4.16. The molecule has 0 aliphatic carbocycles. The summed E-state index contributed by atoms with van der Waals surface area (Å²) in [6, 6.07) is 9.20. The van der Waals surface area contributed by atoms with E-state index in [0.717, 1.165) is 48.6 Å². The number of nitrogens with one attached hydrogen (secondary N) is 1. The molecule has 1 fully saturated rings. The van der Waals surface area contributed by atoms with Crippen molar-refractivity contribution in [3.8, 4) is 5.75 Å². The average molecular weight is 325 g/mol. The van der Waals surface area contributed by atoms with E-state index >= 15 is 0 Å². The first-order chi connectivity index (χ1) is 11.6. The molecule has 1 saturated heterocycles. The monoisotopic (exact) mass is 325 g/mol. The maximum atomic E-state index is 12.3. The fraction of sp³-hybridized carbons (Fsp3) is 0.474. The highest BCUT2D eigenvalue weighted by atomic mass is 16.5. The molecule has 2 bridgehead atoms. The summed E-state index contributed by atoms with van der Waals surface area (Å²) in [5.74, 6) is 1.61. The normalized spacial score (nSPS) is 22.9. The summed E-state index contributed by atoms with van der Waals surface area (Å²) in [5, 5.41) is 0. The summed E-state index contributed by atoms with van der Waals surface area (Å²) >= 11 is 0. The van der Waals surface area contributed by atoms with Crippen LogP contribution in [0.3, 0.4) is 0 Å². The van der Waals surface area contributed by atoms with E-state index in [0.29, 0.717) is 12.1 Å². The Morgan fingerprint density at radius 1 is 1.21 bits per heavy atom. The van der Waals surface area contributed by atoms with Crippen LogP contribution in [0.5, 0.6) is 5.75 Å². The van der Waals surface area contributed by atoms with E-state index in [2.05, 4.69) is 27.0 Å². The quantitative estimate of drug-likeness (QED) is 0.940. The zero-order valence-corrected chi connectivity index (χ0v) is 14.2. The van der Waals surface area contributed by atoms with Crippen LogP contribution in [0.15, 0.2) is 29.1 Å². The maximum Gasteiger partial charge on any atom is 0.254 e. The Bertz CT molecular complexity index is 797. The third kappa shape index (κ3) is 2.73. The predicted molar refractivity (Wildman–Crippen MR) is 92.3 cm³/mol. The number of methoxy groups -OCH3 is 1. The summed E-state index contributed by atoms with van der Waals surface area (Å²) in [4.78, 5) is 22.4. The van der Waals surface area contributed by atoms with Crippen molar-refractivity contribution in [1.82, 2.24) is 14.9 Å². The Morgan fingerprint density at radius 2 is 1.92 bits per heavy atom. The molecule has 2 aromatic rings. The highest BCUT2D eigenvalue weighted by Crippen LogP contribution is 2.33. The van der Waals surface area contributed by atoms with Crippen molar-refractivity contribution in [3.05, 3.63) is 57.3 Å². The molecule has 0 spiro atoms. The van der Waals surface area contributed by atoms with E-state index < -0.39 is 0 Å². The molecule has 24 heavy (non-hydrogen) atoms. The fourth-order valence-corrected chi connectivity index (χ4v) is 4.16. The van der Waals surface area contributed by atoms with Crippen molar-refractivity contribution in [1.29, 1.82) is 0 Å². The molecule has 0 amide bonds. The lowest BCUT2D eigenvalue weighted by molar-refractivity contribution is 0.187. The number of rotatable bonds is 3. The van der Waals surface area contributed by atoms with Gasteiger partial charge in [0.25, 0.3) is 5.56 Å². The minimum absolute atomic E-state index is 0.0504. The molecule has 5 heteroatoms. The van der Waals surface area contributed by atoms with Crippen molar-refractivity contribution < 1.29 is 4.74 Å². The number of fused-ring (bicyclic) bond motifs is 3. The number of hydrogen-bond acceptors (Lipinski definition) is 4. The van der Waals surface area contributed by atoms with Gasteiger partial charge in [-0.3, -0.25) is 9.69 Å². The third-order valence-corrected chi connectivity index (χ3v) is 5.38. The molecule has 1 N–H and O–H groups in total. The van der Waals surface area contributed by atoms with Crippen LogP contribution in [0.1, 0.15) is 35.5 Å². The Morgan fingerprint density at radius 3 is 2.62 bits per heavy atom. The maximum absolute atomic E-state index is 12.3. The van der Waals surface area contributed by atoms with Crippen LogP contribution in [0, 0.1) is 6.92 Å². The Balaban J connectivity index is 1.60. The van der Waals surface area contributed by atoms with E-state index in [-0.39, 0.29) is 5.56 Å². The van der Waals surface area contributed by atoms with E-state index in [1.165, 1.54) is 12.0 Å². The van der Waals surface area contributed by atoms with Gasteiger partial charge in [0.2, 0.25) is 0 Å². The van der Waals surface area contributed by atoms with Crippen molar-refractivity contribution in [2.75, 3.05) is 7.11 Å². The molecule has 126 valence electrons. The lowest BCUT2D eigenvalue weighted by Crippen LogP contribution is -2.36. The smallest absolute Gasteiger partial charge is 0.254 e. The van der Waals surface area contributed by atoms with Crippen LogP contribution >= 0.6 is 0 Å². The largest absolute Gasteiger partial charge is 0.497 e. The van der Waals surface area contributed by atoms with Gasteiger partial charge in [-0.2, -0.15) is 0 Å². The molecule has 2 unspecified atom stereocenters. The van der Waals surface area contributed by atoms with E-state index in [4.69, 9.17) is 4.74 Å². The molecule has 1 aromatic heterocycles. The minimum atomic E-state index is 0.0504. The molecule has 3 heterocycles. The molecule has 2 atom stereocenters. The SMILES string of the molecule is COc1ccc(CN2C3CCC2Cc2c(nc(C)[nH]c2=O)C3)cc1. The zero-order valence-electron chi connectivity index (χ0n) is 14.2. The van der Waals surface area contributed by atoms with Crippen molar-refractivity contribution in [3.63, 3.8) is 0 Å². The van der Waals surface area contributed by atoms with Gasteiger partial charge >= 0.3 is 0 Å². The Hall–Kier alpha value is -2.14. The Labute approximate surface area is 141 Å². The third-order valence-electron chi connectivity index (χ3n) is 5.38. The van der Waals surface area contributed by atoms with Crippen LogP contribution < -0.4 is 10.3 Å². The number of aryl methyl sites for hydroxylation is 1. The van der Waals surface area contributed by atoms with Crippen LogP contribution in [-0.4, -0.2) is 34.1 Å². The lowest BCUT2D eigenvalue weighted by atomic mass is 9.98. The topological polar surface area (TPSA) is 58.2 Å². The van der Waals surface area contributed by atoms with Crippen LogP contribution in [0.4, 0.5) is 0 Å². The second-order valence-electron chi connectivity index (χ2n) is 6.89. The van der Waals surface area contributed by atoms with Crippen LogP contribution in [0.2, 0.25) is 0 Å². The van der Waals surface area contributed by atoms with Crippen LogP contribution in [-0.2, 0) is 19.4 Å². The lowest BCUT2D eigenvalue weighted by Gasteiger charge is -2.27. The number of H-pyrrole nitrogens is 1. The number of aromatic amines is 1. The second kappa shape index (κ2) is 6.06. The molecule has 0 saturated carbocycles. The summed E-state index contributed by atoms with van der Waals surface area (Å²) in [6.07, 6.45) is 4.04. The van der Waals surface area contributed by atoms with Gasteiger partial charge in [0.1, 0.15) is 11.6 Å². The zero-order chi connectivity index (χ0) is 16.7. The van der Waals surface area contributed by atoms with Crippen molar-refractivity contribution in [2.24, 2.45) is 0 Å². The first-order valence-electron chi connectivity index (χ1n) is 8.61. The highest BCUT2D eigenvalue weighted by molar-refractivity contribution is 5.28. The van der Waals surface area contributed by atoms with Gasteiger partial charge in [-0.05, 0) is 43.9 Å². The average Bonchev–Trinajstić information content (AvgIpc) is 2.84. The van der Waals surface area contributed by atoms with Gasteiger partial charge in [0.15, 0.2) is 0 Å². The molecule has 5 nitrogen and oxygen atoms in total. The molecular formula is C19H23N3O2. The van der Waals surface area contributed by atoms with E-state index in [1.54, 1.807) is 7.11 Å². The van der Waals surface area contributed by atoms with E-state index in [9.17, 15) is 4.79 Å². The highest BCUT2D eigenvalue weighted by Gasteiger charge is 2.38. The first kappa shape index (κ1) is 15.4. The van der Waals surface area contributed by atoms with Crippen molar-refractivity contribution in [2.45, 2.75) is 51.2 Å². The predicted octanol–water partition coefficient (Wildman–Crippen LogP) is 2.22. The second-order valence-corrected chi connectivity index (χ2v) is 6.89. The molecule has 2 aliphatic rings. The van der Waals surface area contributed by atoms with Gasteiger partial charge in [-0.15, -0.1) is 0 Å². The van der Waals surface area contributed by atoms with Crippen LogP contribution in [0.25, 0.3) is 0 Å². The molecular weight excluding hydrogens is 302 g/mol. The van der Waals surface area contributed by atoms with Gasteiger partial charge in [-0.1, -0.05) is 12.1 Å². The summed E-state index contributed by atoms with van der Waals surface area (Å²) in [7, 11) is 1.69. The number of hydrogen-bond donors (Lipinski definition) is 1. The summed E-state index contributed by atoms with van der Waals surface area (Å²) < 4.78 is 5.24. The summed E-state index contributed by atoms with van der Waals surface area (Å²) in [5.41, 5.74) is 3.24. The molecule has 0 radical (unpaired) electrons. The number of benzene rings is 1. The number of nitrogens with zero attached hydrogens (tertiary/aromatic N) is 2. The summed E-state index contributed by atoms with van der Waals surface area (Å²) in [6.45, 7) is 2.78. The molecule has 4 rings (SSSR count). The first-order valence-corrected chi connectivity index (χ1v) is 8.61. The van der Waals surface area contributed by atoms with Gasteiger partial charge in [0.05, 0.1) is 12.8 Å². The van der Waals surface area contributed by atoms with Gasteiger partial charge in [-0.25, -0.2) is 4.98 Å². The van der Waals surface area contributed by atoms with Crippen molar-refractivity contribution >= 4 is 0 Å². The molecule has 2 aliphatic heterocycles. The molecule has 1 aromatic carbocycles. The minimum Gasteiger partial charge on any atom is -0.497 e. The number of aromatic nitrogens is 2. The van der Waals surface area contributed by atoms with E-state index in [1.807, 2.05) is 19.1 Å². The van der Waals surface area contributed by atoms with Gasteiger partial charge < -0.3 is 9.72 Å². The standard InChI is InChI=1S/C19H23N3O2/c1-12-20-18-10-15-6-5-14(9-17(18)19(23)21-12)22(15)11-13-3-7-16(24-2)8-4-13/h3-4,7-8,14-15H,5-6,9-11H2,1-2H3,(H,20,21,23). The number of ether oxygens (including phenoxy) is 1. The van der Waals surface area contributed by atoms with Gasteiger partial charge in [0, 0.05) is 30.6 Å². The Kier molecular flexibility index (Phi) is 3.88.